The van der Waals surface area contributed by atoms with Gasteiger partial charge in [0.2, 0.25) is 11.8 Å². The molecule has 2 amide bonds. The quantitative estimate of drug-likeness (QED) is 0.738. The van der Waals surface area contributed by atoms with E-state index in [1.165, 1.54) is 11.3 Å². The molecule has 1 unspecified atom stereocenters. The van der Waals surface area contributed by atoms with E-state index in [-0.39, 0.29) is 18.2 Å². The summed E-state index contributed by atoms with van der Waals surface area (Å²) >= 11 is 13.3. The van der Waals surface area contributed by atoms with E-state index >= 15 is 0 Å². The van der Waals surface area contributed by atoms with Gasteiger partial charge in [0.05, 0.1) is 5.02 Å². The number of nitrogens with one attached hydrogen (secondary N) is 1. The molecular formula is C10H5Cl2NO2S. The van der Waals surface area contributed by atoms with Gasteiger partial charge in [0.15, 0.2) is 0 Å². The second-order valence-corrected chi connectivity index (χ2v) is 5.82. The summed E-state index contributed by atoms with van der Waals surface area (Å²) in [6.45, 7) is 0. The molecule has 82 valence electrons. The smallest absolute Gasteiger partial charge is 0.241 e. The highest BCUT2D eigenvalue weighted by Crippen LogP contribution is 2.51. The van der Waals surface area contributed by atoms with Gasteiger partial charge in [-0.1, -0.05) is 29.3 Å². The van der Waals surface area contributed by atoms with Gasteiger partial charge in [0.1, 0.15) is 9.75 Å². The summed E-state index contributed by atoms with van der Waals surface area (Å²) < 4.78 is 0.461. The first-order chi connectivity index (χ1) is 7.54. The van der Waals surface area contributed by atoms with E-state index in [0.717, 1.165) is 4.88 Å². The van der Waals surface area contributed by atoms with Crippen molar-refractivity contribution in [3.63, 3.8) is 0 Å². The monoisotopic (exact) mass is 273 g/mol. The van der Waals surface area contributed by atoms with Crippen LogP contribution in [0.1, 0.15) is 16.9 Å². The molecule has 1 N–H and O–H groups in total. The maximum absolute atomic E-state index is 11.9. The van der Waals surface area contributed by atoms with Crippen LogP contribution in [0.4, 0.5) is 0 Å². The molecule has 1 aliphatic carbocycles. The van der Waals surface area contributed by atoms with Crippen molar-refractivity contribution in [1.82, 2.24) is 5.32 Å². The number of imide groups is 1. The minimum Gasteiger partial charge on any atom is -0.295 e. The third kappa shape index (κ3) is 1.09. The molecule has 1 aromatic heterocycles. The summed E-state index contributed by atoms with van der Waals surface area (Å²) in [6, 6.07) is 0. The predicted molar refractivity (Wildman–Crippen MR) is 62.8 cm³/mol. The molecule has 1 aromatic rings. The van der Waals surface area contributed by atoms with Gasteiger partial charge in [-0.25, -0.2) is 0 Å². The summed E-state index contributed by atoms with van der Waals surface area (Å²) in [5.41, 5.74) is -0.250. The molecule has 2 heterocycles. The van der Waals surface area contributed by atoms with Crippen LogP contribution in [-0.2, 0) is 15.0 Å². The number of rotatable bonds is 0. The number of thiophene rings is 1. The van der Waals surface area contributed by atoms with Crippen molar-refractivity contribution in [2.75, 3.05) is 0 Å². The fraction of sp³-hybridized carbons (Fsp3) is 0.200. The van der Waals surface area contributed by atoms with Crippen molar-refractivity contribution in [2.45, 2.75) is 11.8 Å². The zero-order valence-electron chi connectivity index (χ0n) is 7.84. The second kappa shape index (κ2) is 3.09. The zero-order chi connectivity index (χ0) is 11.5. The van der Waals surface area contributed by atoms with Crippen LogP contribution < -0.4 is 5.32 Å². The van der Waals surface area contributed by atoms with Crippen LogP contribution in [0.25, 0.3) is 6.08 Å². The van der Waals surface area contributed by atoms with Gasteiger partial charge in [-0.2, -0.15) is 0 Å². The molecule has 16 heavy (non-hydrogen) atoms. The van der Waals surface area contributed by atoms with Crippen molar-refractivity contribution in [3.05, 3.63) is 25.9 Å². The summed E-state index contributed by atoms with van der Waals surface area (Å²) in [7, 11) is 0. The molecule has 2 aliphatic rings. The molecule has 1 atom stereocenters. The number of fused-ring (bicyclic) bond motifs is 2. The Morgan fingerprint density at radius 3 is 2.75 bits per heavy atom. The third-order valence-corrected chi connectivity index (χ3v) is 4.85. The standard InChI is InChI=1S/C10H5Cl2NO2S/c11-7-6-4(16-8(7)12)1-2-10(6)3-5(14)13-9(10)15/h1-2H,3H2,(H,13,14,15). The fourth-order valence-corrected chi connectivity index (χ4v) is 3.88. The lowest BCUT2D eigenvalue weighted by molar-refractivity contribution is -0.125. The molecule has 0 saturated carbocycles. The lowest BCUT2D eigenvalue weighted by atomic mass is 9.82. The van der Waals surface area contributed by atoms with Gasteiger partial charge >= 0.3 is 0 Å². The molecule has 0 bridgehead atoms. The van der Waals surface area contributed by atoms with Crippen LogP contribution >= 0.6 is 34.5 Å². The largest absolute Gasteiger partial charge is 0.295 e. The molecule has 1 aliphatic heterocycles. The summed E-state index contributed by atoms with van der Waals surface area (Å²) in [6.07, 6.45) is 3.65. The van der Waals surface area contributed by atoms with Gasteiger partial charge in [-0.05, 0) is 6.08 Å². The average molecular weight is 274 g/mol. The first-order valence-electron chi connectivity index (χ1n) is 4.56. The van der Waals surface area contributed by atoms with Crippen LogP contribution in [0, 0.1) is 0 Å². The summed E-state index contributed by atoms with van der Waals surface area (Å²) in [4.78, 5) is 24.0. The average Bonchev–Trinajstić information content (AvgIpc) is 2.77. The highest BCUT2D eigenvalue weighted by molar-refractivity contribution is 7.18. The first-order valence-corrected chi connectivity index (χ1v) is 6.13. The highest BCUT2D eigenvalue weighted by atomic mass is 35.5. The van der Waals surface area contributed by atoms with Gasteiger partial charge in [-0.3, -0.25) is 14.9 Å². The lowest BCUT2D eigenvalue weighted by Crippen LogP contribution is -2.32. The molecule has 1 saturated heterocycles. The molecule has 6 heteroatoms. The molecule has 0 aromatic carbocycles. The Hall–Kier alpha value is -0.840. The molecule has 0 radical (unpaired) electrons. The number of carbonyl (C=O) groups excluding carboxylic acids is 2. The van der Waals surface area contributed by atoms with Crippen molar-refractivity contribution in [1.29, 1.82) is 0 Å². The minimum absolute atomic E-state index is 0.113. The highest BCUT2D eigenvalue weighted by Gasteiger charge is 2.51. The van der Waals surface area contributed by atoms with Gasteiger partial charge < -0.3 is 0 Å². The maximum Gasteiger partial charge on any atom is 0.241 e. The van der Waals surface area contributed by atoms with E-state index in [4.69, 9.17) is 23.2 Å². The van der Waals surface area contributed by atoms with Crippen molar-refractivity contribution in [3.8, 4) is 0 Å². The molecule has 3 nitrogen and oxygen atoms in total. The Kier molecular flexibility index (Phi) is 2.00. The predicted octanol–water partition coefficient (Wildman–Crippen LogP) is 2.37. The number of carbonyl (C=O) groups is 2. The normalized spacial score (nSPS) is 26.6. The van der Waals surface area contributed by atoms with Gasteiger partial charge in [0.25, 0.3) is 0 Å². The van der Waals surface area contributed by atoms with Crippen LogP contribution in [0.2, 0.25) is 9.36 Å². The Bertz CT molecular complexity index is 563. The van der Waals surface area contributed by atoms with Gasteiger partial charge in [0, 0.05) is 16.9 Å². The van der Waals surface area contributed by atoms with E-state index < -0.39 is 5.41 Å². The van der Waals surface area contributed by atoms with Crippen molar-refractivity contribution < 1.29 is 9.59 Å². The van der Waals surface area contributed by atoms with Crippen LogP contribution in [0.5, 0.6) is 0 Å². The number of halogens is 2. The number of hydrogen-bond acceptors (Lipinski definition) is 3. The van der Waals surface area contributed by atoms with Crippen molar-refractivity contribution in [2.24, 2.45) is 0 Å². The zero-order valence-corrected chi connectivity index (χ0v) is 10.2. The number of amides is 2. The molecular weight excluding hydrogens is 269 g/mol. The van der Waals surface area contributed by atoms with Crippen LogP contribution in [0.3, 0.4) is 0 Å². The molecule has 1 spiro atoms. The summed E-state index contributed by atoms with van der Waals surface area (Å²) in [5.74, 6) is -0.593. The topological polar surface area (TPSA) is 46.2 Å². The second-order valence-electron chi connectivity index (χ2n) is 3.79. The SMILES string of the molecule is O=C1CC2(C=Cc3sc(Cl)c(Cl)c32)C(=O)N1. The van der Waals surface area contributed by atoms with Crippen molar-refractivity contribution >= 4 is 52.4 Å². The molecule has 1 fully saturated rings. The van der Waals surface area contributed by atoms with Crippen LogP contribution in [-0.4, -0.2) is 11.8 Å². The van der Waals surface area contributed by atoms with E-state index in [1.807, 2.05) is 0 Å². The first kappa shape index (κ1) is 10.3. The fourth-order valence-electron chi connectivity index (χ4n) is 2.19. The minimum atomic E-state index is -0.923. The Labute approximate surface area is 105 Å². The lowest BCUT2D eigenvalue weighted by Gasteiger charge is -2.17. The maximum atomic E-state index is 11.9. The van der Waals surface area contributed by atoms with Crippen LogP contribution in [0.15, 0.2) is 6.08 Å². The van der Waals surface area contributed by atoms with E-state index in [1.54, 1.807) is 12.2 Å². The molecule has 3 rings (SSSR count). The number of hydrogen-bond donors (Lipinski definition) is 1. The van der Waals surface area contributed by atoms with E-state index in [2.05, 4.69) is 5.32 Å². The van der Waals surface area contributed by atoms with Gasteiger partial charge in [-0.15, -0.1) is 11.3 Å². The van der Waals surface area contributed by atoms with E-state index in [9.17, 15) is 9.59 Å². The Balaban J connectivity index is 2.26. The van der Waals surface area contributed by atoms with E-state index in [0.29, 0.717) is 14.9 Å². The third-order valence-electron chi connectivity index (χ3n) is 2.90. The Morgan fingerprint density at radius 1 is 1.38 bits per heavy atom. The Morgan fingerprint density at radius 2 is 2.12 bits per heavy atom. The summed E-state index contributed by atoms with van der Waals surface area (Å²) in [5, 5.41) is 2.69.